The molecule has 1 aromatic carbocycles. The lowest BCUT2D eigenvalue weighted by Crippen LogP contribution is -2.49. The van der Waals surface area contributed by atoms with E-state index in [9.17, 15) is 13.6 Å². The normalized spacial score (nSPS) is 19.3. The third-order valence-electron chi connectivity index (χ3n) is 6.57. The van der Waals surface area contributed by atoms with E-state index in [-0.39, 0.29) is 18.0 Å². The molecule has 1 aliphatic heterocycles. The van der Waals surface area contributed by atoms with Gasteiger partial charge in [-0.05, 0) is 54.0 Å². The molecule has 0 spiro atoms. The predicted molar refractivity (Wildman–Crippen MR) is 120 cm³/mol. The molecule has 4 rings (SSSR count). The maximum atomic E-state index is 14.6. The molecule has 1 saturated heterocycles. The Bertz CT molecular complexity index is 1170. The van der Waals surface area contributed by atoms with Crippen molar-refractivity contribution in [3.8, 4) is 11.1 Å². The van der Waals surface area contributed by atoms with Crippen molar-refractivity contribution in [2.75, 3.05) is 13.1 Å². The van der Waals surface area contributed by atoms with Crippen molar-refractivity contribution >= 4 is 10.8 Å². The zero-order valence-corrected chi connectivity index (χ0v) is 18.5. The van der Waals surface area contributed by atoms with Crippen molar-refractivity contribution in [1.82, 2.24) is 14.5 Å². The van der Waals surface area contributed by atoms with Gasteiger partial charge in [-0.2, -0.15) is 0 Å². The summed E-state index contributed by atoms with van der Waals surface area (Å²) in [5.41, 5.74) is 3.99. The maximum absolute atomic E-state index is 14.6. The number of pyridine rings is 2. The number of piperidine rings is 1. The summed E-state index contributed by atoms with van der Waals surface area (Å²) in [6, 6.07) is 7.97. The first kappa shape index (κ1) is 21.6. The first-order valence-electron chi connectivity index (χ1n) is 10.8. The van der Waals surface area contributed by atoms with Gasteiger partial charge >= 0.3 is 0 Å². The van der Waals surface area contributed by atoms with Gasteiger partial charge in [0.2, 0.25) is 0 Å². The second-order valence-electron chi connectivity index (χ2n) is 9.13. The maximum Gasteiger partial charge on any atom is 0.263 e. The minimum absolute atomic E-state index is 0.00923. The van der Waals surface area contributed by atoms with E-state index >= 15 is 0 Å². The van der Waals surface area contributed by atoms with E-state index in [1.165, 1.54) is 0 Å². The van der Waals surface area contributed by atoms with Crippen LogP contribution in [0.25, 0.3) is 21.9 Å². The van der Waals surface area contributed by atoms with E-state index in [0.29, 0.717) is 24.9 Å². The monoisotopic (exact) mass is 425 g/mol. The Morgan fingerprint density at radius 2 is 2.00 bits per heavy atom. The number of fused-ring (bicyclic) bond motifs is 1. The first-order chi connectivity index (χ1) is 14.7. The quantitative estimate of drug-likeness (QED) is 0.589. The average molecular weight is 426 g/mol. The number of nitrogens with zero attached hydrogens (tertiary/aromatic N) is 3. The zero-order valence-electron chi connectivity index (χ0n) is 18.5. The number of hydrogen-bond acceptors (Lipinski definition) is 3. The van der Waals surface area contributed by atoms with Crippen molar-refractivity contribution in [2.24, 2.45) is 18.9 Å². The van der Waals surface area contributed by atoms with Crippen LogP contribution in [0.3, 0.4) is 0 Å². The van der Waals surface area contributed by atoms with Crippen LogP contribution < -0.4 is 5.56 Å². The number of likely N-dealkylation sites (tertiary alicyclic amines) is 1. The molecule has 6 heteroatoms. The lowest BCUT2D eigenvalue weighted by Gasteiger charge is -2.40. The summed E-state index contributed by atoms with van der Waals surface area (Å²) in [6.07, 6.45) is 5.66. The van der Waals surface area contributed by atoms with Crippen LogP contribution >= 0.6 is 0 Å². The van der Waals surface area contributed by atoms with Gasteiger partial charge in [-0.3, -0.25) is 14.7 Å². The van der Waals surface area contributed by atoms with Gasteiger partial charge in [0.1, 0.15) is 0 Å². The topological polar surface area (TPSA) is 38.1 Å². The van der Waals surface area contributed by atoms with Gasteiger partial charge in [0.05, 0.1) is 11.9 Å². The minimum atomic E-state index is -2.65. The van der Waals surface area contributed by atoms with Crippen LogP contribution in [0.15, 0.2) is 47.7 Å². The molecular formula is C25H29F2N3O. The SMILES string of the molecule is Cc1cc(-c2cn(C)c(=O)c3cnccc23)ccc1CN1CCC(C(C)C)C(F)(F)C1. The van der Waals surface area contributed by atoms with E-state index < -0.39 is 11.8 Å². The van der Waals surface area contributed by atoms with Gasteiger partial charge in [0, 0.05) is 43.7 Å². The molecule has 0 saturated carbocycles. The summed E-state index contributed by atoms with van der Waals surface area (Å²) in [4.78, 5) is 18.4. The Morgan fingerprint density at radius 3 is 2.68 bits per heavy atom. The van der Waals surface area contributed by atoms with Crippen LogP contribution in [0, 0.1) is 18.8 Å². The fourth-order valence-corrected chi connectivity index (χ4v) is 4.81. The number of hydrogen-bond donors (Lipinski definition) is 0. The Morgan fingerprint density at radius 1 is 1.23 bits per heavy atom. The third kappa shape index (κ3) is 4.13. The molecule has 0 bridgehead atoms. The molecule has 1 atom stereocenters. The van der Waals surface area contributed by atoms with Crippen molar-refractivity contribution in [2.45, 2.75) is 39.7 Å². The van der Waals surface area contributed by atoms with Crippen molar-refractivity contribution in [1.29, 1.82) is 0 Å². The third-order valence-corrected chi connectivity index (χ3v) is 6.57. The number of aryl methyl sites for hydroxylation is 2. The van der Waals surface area contributed by atoms with Gasteiger partial charge < -0.3 is 4.57 Å². The molecule has 1 unspecified atom stereocenters. The van der Waals surface area contributed by atoms with Gasteiger partial charge in [0.25, 0.3) is 11.5 Å². The lowest BCUT2D eigenvalue weighted by atomic mass is 9.83. The highest BCUT2D eigenvalue weighted by Gasteiger charge is 2.45. The van der Waals surface area contributed by atoms with Gasteiger partial charge in [-0.1, -0.05) is 32.0 Å². The summed E-state index contributed by atoms with van der Waals surface area (Å²) in [6.45, 7) is 6.81. The molecule has 0 N–H and O–H groups in total. The van der Waals surface area contributed by atoms with Crippen LogP contribution in [0.4, 0.5) is 8.78 Å². The Kier molecular flexibility index (Phi) is 5.69. The van der Waals surface area contributed by atoms with E-state index in [1.54, 1.807) is 24.0 Å². The highest BCUT2D eigenvalue weighted by Crippen LogP contribution is 2.38. The number of benzene rings is 1. The van der Waals surface area contributed by atoms with E-state index in [0.717, 1.165) is 27.6 Å². The van der Waals surface area contributed by atoms with Gasteiger partial charge in [-0.25, -0.2) is 8.78 Å². The molecule has 3 heterocycles. The summed E-state index contributed by atoms with van der Waals surface area (Å²) in [5, 5.41) is 1.44. The van der Waals surface area contributed by atoms with Crippen molar-refractivity contribution in [3.05, 3.63) is 64.3 Å². The van der Waals surface area contributed by atoms with Gasteiger partial charge in [0.15, 0.2) is 0 Å². The average Bonchev–Trinajstić information content (AvgIpc) is 2.71. The number of alkyl halides is 2. The number of rotatable bonds is 4. The molecule has 2 aromatic heterocycles. The summed E-state index contributed by atoms with van der Waals surface area (Å²) >= 11 is 0. The number of halogens is 2. The molecule has 3 aromatic rings. The molecule has 1 fully saturated rings. The summed E-state index contributed by atoms with van der Waals surface area (Å²) in [5.74, 6) is -3.20. The Hall–Kier alpha value is -2.60. The van der Waals surface area contributed by atoms with E-state index in [4.69, 9.17) is 0 Å². The lowest BCUT2D eigenvalue weighted by molar-refractivity contribution is -0.126. The van der Waals surface area contributed by atoms with Crippen LogP contribution in [0.5, 0.6) is 0 Å². The van der Waals surface area contributed by atoms with E-state index in [2.05, 4.69) is 11.1 Å². The summed E-state index contributed by atoms with van der Waals surface area (Å²) < 4.78 is 30.8. The molecule has 164 valence electrons. The largest absolute Gasteiger partial charge is 0.317 e. The fourth-order valence-electron chi connectivity index (χ4n) is 4.81. The minimum Gasteiger partial charge on any atom is -0.317 e. The molecular weight excluding hydrogens is 396 g/mol. The highest BCUT2D eigenvalue weighted by atomic mass is 19.3. The smallest absolute Gasteiger partial charge is 0.263 e. The van der Waals surface area contributed by atoms with Crippen LogP contribution in [-0.2, 0) is 13.6 Å². The fraction of sp³-hybridized carbons (Fsp3) is 0.440. The van der Waals surface area contributed by atoms with Crippen molar-refractivity contribution < 1.29 is 8.78 Å². The van der Waals surface area contributed by atoms with Crippen LogP contribution in [-0.4, -0.2) is 33.5 Å². The molecule has 0 aliphatic carbocycles. The molecule has 1 aliphatic rings. The molecule has 0 amide bonds. The Balaban J connectivity index is 1.61. The molecule has 0 radical (unpaired) electrons. The van der Waals surface area contributed by atoms with Crippen LogP contribution in [0.1, 0.15) is 31.4 Å². The second-order valence-corrected chi connectivity index (χ2v) is 9.13. The zero-order chi connectivity index (χ0) is 22.3. The molecule has 4 nitrogen and oxygen atoms in total. The molecule has 31 heavy (non-hydrogen) atoms. The Labute approximate surface area is 181 Å². The summed E-state index contributed by atoms with van der Waals surface area (Å²) in [7, 11) is 1.74. The predicted octanol–water partition coefficient (Wildman–Crippen LogP) is 5.02. The first-order valence-corrected chi connectivity index (χ1v) is 10.8. The highest BCUT2D eigenvalue weighted by molar-refractivity contribution is 5.95. The van der Waals surface area contributed by atoms with Gasteiger partial charge in [-0.15, -0.1) is 0 Å². The van der Waals surface area contributed by atoms with E-state index in [1.807, 2.05) is 50.1 Å². The number of aromatic nitrogens is 2. The van der Waals surface area contributed by atoms with Crippen molar-refractivity contribution in [3.63, 3.8) is 0 Å². The standard InChI is InChI=1S/C25H29F2N3O/c1-16(2)23-8-10-30(15-25(23,26)27)13-19-6-5-18(11-17(19)3)22-14-29(4)24(31)21-12-28-9-7-20(21)22/h5-7,9,11-12,14,16,23H,8,10,13,15H2,1-4H3. The van der Waals surface area contributed by atoms with Crippen LogP contribution in [0.2, 0.25) is 0 Å². The second kappa shape index (κ2) is 8.15.